The Labute approximate surface area is 118 Å². The molecule has 1 unspecified atom stereocenters. The van der Waals surface area contributed by atoms with Gasteiger partial charge in [0.1, 0.15) is 5.82 Å². The van der Waals surface area contributed by atoms with Crippen LogP contribution < -0.4 is 0 Å². The van der Waals surface area contributed by atoms with Crippen LogP contribution in [0.25, 0.3) is 0 Å². The van der Waals surface area contributed by atoms with Crippen LogP contribution in [-0.2, 0) is 15.1 Å². The fourth-order valence-electron chi connectivity index (χ4n) is 2.16. The quantitative estimate of drug-likeness (QED) is 0.844. The third-order valence-electron chi connectivity index (χ3n) is 3.44. The summed E-state index contributed by atoms with van der Waals surface area (Å²) in [4.78, 5) is 24.2. The number of carbonyl (C=O) groups is 2. The molecular weight excluding hydrogens is 317 g/mol. The van der Waals surface area contributed by atoms with Crippen LogP contribution in [0.3, 0.4) is 0 Å². The third-order valence-corrected chi connectivity index (χ3v) is 4.10. The summed E-state index contributed by atoms with van der Waals surface area (Å²) in [6, 6.07) is 3.73. The lowest BCUT2D eigenvalue weighted by Crippen LogP contribution is -2.50. The molecule has 0 saturated heterocycles. The van der Waals surface area contributed by atoms with Crippen LogP contribution in [0, 0.1) is 5.82 Å². The lowest BCUT2D eigenvalue weighted by Gasteiger charge is -2.36. The number of aliphatic carboxylic acids is 1. The maximum atomic E-state index is 13.1. The van der Waals surface area contributed by atoms with Gasteiger partial charge in [0.05, 0.1) is 0 Å². The van der Waals surface area contributed by atoms with Crippen molar-refractivity contribution in [3.63, 3.8) is 0 Å². The Morgan fingerprint density at radius 1 is 1.58 bits per heavy atom. The van der Waals surface area contributed by atoms with Crippen LogP contribution in [0.4, 0.5) is 4.39 Å². The molecule has 1 aliphatic rings. The van der Waals surface area contributed by atoms with E-state index < -0.39 is 17.3 Å². The first-order valence-electron chi connectivity index (χ1n) is 5.84. The van der Waals surface area contributed by atoms with Gasteiger partial charge in [-0.1, -0.05) is 22.0 Å². The second-order valence-electron chi connectivity index (χ2n) is 4.75. The normalized spacial score (nSPS) is 17.6. The Kier molecular flexibility index (Phi) is 3.62. The smallest absolute Gasteiger partial charge is 0.334 e. The van der Waals surface area contributed by atoms with Gasteiger partial charge in [0.25, 0.3) is 0 Å². The molecule has 0 aromatic heterocycles. The molecule has 19 heavy (non-hydrogen) atoms. The molecule has 6 heteroatoms. The molecule has 4 nitrogen and oxygen atoms in total. The van der Waals surface area contributed by atoms with E-state index in [2.05, 4.69) is 15.9 Å². The summed E-state index contributed by atoms with van der Waals surface area (Å²) in [7, 11) is 0. The number of nitrogens with zero attached hydrogens (tertiary/aromatic N) is 1. The average molecular weight is 330 g/mol. The van der Waals surface area contributed by atoms with Gasteiger partial charge in [-0.25, -0.2) is 9.18 Å². The molecular formula is C13H13BrFNO3. The van der Waals surface area contributed by atoms with Crippen molar-refractivity contribution < 1.29 is 19.1 Å². The van der Waals surface area contributed by atoms with Gasteiger partial charge in [-0.2, -0.15) is 0 Å². The number of carbonyl (C=O) groups excluding carboxylic acids is 1. The van der Waals surface area contributed by atoms with Gasteiger partial charge in [-0.05, 0) is 31.9 Å². The molecule has 102 valence electrons. The van der Waals surface area contributed by atoms with Gasteiger partial charge < -0.3 is 10.0 Å². The highest BCUT2D eigenvalue weighted by atomic mass is 79.9. The SMILES string of the molecule is CC(C(=O)O)(c1ccc(F)cc1Br)N(C=O)C1CC1. The second-order valence-corrected chi connectivity index (χ2v) is 5.60. The first kappa shape index (κ1) is 14.0. The minimum atomic E-state index is -1.50. The largest absolute Gasteiger partial charge is 0.479 e. The molecule has 1 aromatic rings. The summed E-state index contributed by atoms with van der Waals surface area (Å²) in [6.07, 6.45) is 2.14. The lowest BCUT2D eigenvalue weighted by molar-refractivity contribution is -0.155. The number of carboxylic acids is 1. The molecule has 1 fully saturated rings. The van der Waals surface area contributed by atoms with Crippen LogP contribution in [0.5, 0.6) is 0 Å². The van der Waals surface area contributed by atoms with Crippen molar-refractivity contribution in [2.75, 3.05) is 0 Å². The molecule has 0 spiro atoms. The zero-order valence-electron chi connectivity index (χ0n) is 10.3. The minimum absolute atomic E-state index is 0.0597. The van der Waals surface area contributed by atoms with Gasteiger partial charge in [0.2, 0.25) is 6.41 Å². The van der Waals surface area contributed by atoms with Crippen LogP contribution in [0.1, 0.15) is 25.3 Å². The van der Waals surface area contributed by atoms with Crippen LogP contribution in [0.2, 0.25) is 0 Å². The predicted octanol–water partition coefficient (Wildman–Crippen LogP) is 2.51. The maximum Gasteiger partial charge on any atom is 0.334 e. The van der Waals surface area contributed by atoms with Crippen molar-refractivity contribution in [3.8, 4) is 0 Å². The zero-order valence-corrected chi connectivity index (χ0v) is 11.9. The Hall–Kier alpha value is -1.43. The van der Waals surface area contributed by atoms with Gasteiger partial charge in [0, 0.05) is 16.1 Å². The van der Waals surface area contributed by atoms with Crippen molar-refractivity contribution in [1.82, 2.24) is 4.90 Å². The van der Waals surface area contributed by atoms with Crippen molar-refractivity contribution in [1.29, 1.82) is 0 Å². The van der Waals surface area contributed by atoms with E-state index in [1.807, 2.05) is 0 Å². The Morgan fingerprint density at radius 2 is 2.21 bits per heavy atom. The Balaban J connectivity index is 2.54. The summed E-state index contributed by atoms with van der Waals surface area (Å²) in [5.41, 5.74) is -1.14. The van der Waals surface area contributed by atoms with Gasteiger partial charge in [-0.3, -0.25) is 4.79 Å². The van der Waals surface area contributed by atoms with Crippen molar-refractivity contribution in [3.05, 3.63) is 34.1 Å². The number of hydrogen-bond acceptors (Lipinski definition) is 2. The molecule has 0 radical (unpaired) electrons. The van der Waals surface area contributed by atoms with Crippen LogP contribution in [-0.4, -0.2) is 28.4 Å². The van der Waals surface area contributed by atoms with E-state index in [1.54, 1.807) is 0 Å². The maximum absolute atomic E-state index is 13.1. The third kappa shape index (κ3) is 2.36. The molecule has 0 heterocycles. The van der Waals surface area contributed by atoms with Crippen molar-refractivity contribution in [2.45, 2.75) is 31.3 Å². The minimum Gasteiger partial charge on any atom is -0.479 e. The summed E-state index contributed by atoms with van der Waals surface area (Å²) in [5, 5.41) is 9.54. The van der Waals surface area contributed by atoms with Crippen molar-refractivity contribution >= 4 is 28.3 Å². The molecule has 1 saturated carbocycles. The summed E-state index contributed by atoms with van der Waals surface area (Å²) < 4.78 is 13.5. The molecule has 1 N–H and O–H groups in total. The number of hydrogen-bond donors (Lipinski definition) is 1. The van der Waals surface area contributed by atoms with Crippen LogP contribution >= 0.6 is 15.9 Å². The predicted molar refractivity (Wildman–Crippen MR) is 70.0 cm³/mol. The highest BCUT2D eigenvalue weighted by molar-refractivity contribution is 9.10. The second kappa shape index (κ2) is 4.92. The Morgan fingerprint density at radius 3 is 2.63 bits per heavy atom. The number of halogens is 2. The standard InChI is InChI=1S/C13H13BrFNO3/c1-13(12(18)19,16(7-17)9-3-4-9)10-5-2-8(15)6-11(10)14/h2,5-7,9H,3-4H2,1H3,(H,18,19). The lowest BCUT2D eigenvalue weighted by atomic mass is 9.90. The molecule has 0 bridgehead atoms. The number of rotatable bonds is 5. The molecule has 1 amide bonds. The number of amides is 1. The summed E-state index contributed by atoms with van der Waals surface area (Å²) in [5.74, 6) is -1.61. The summed E-state index contributed by atoms with van der Waals surface area (Å²) in [6.45, 7) is 1.46. The van der Waals surface area contributed by atoms with Gasteiger partial charge in [-0.15, -0.1) is 0 Å². The van der Waals surface area contributed by atoms with Crippen molar-refractivity contribution in [2.24, 2.45) is 0 Å². The fourth-order valence-corrected chi connectivity index (χ4v) is 2.90. The molecule has 2 rings (SSSR count). The first-order valence-corrected chi connectivity index (χ1v) is 6.63. The Bertz CT molecular complexity index is 533. The van der Waals surface area contributed by atoms with E-state index in [0.717, 1.165) is 12.8 Å². The monoisotopic (exact) mass is 329 g/mol. The number of benzene rings is 1. The van der Waals surface area contributed by atoms with E-state index in [1.165, 1.54) is 30.0 Å². The average Bonchev–Trinajstić information content (AvgIpc) is 3.13. The van der Waals surface area contributed by atoms with Gasteiger partial charge in [0.15, 0.2) is 5.54 Å². The highest BCUT2D eigenvalue weighted by Crippen LogP contribution is 2.40. The highest BCUT2D eigenvalue weighted by Gasteiger charge is 2.48. The van der Waals surface area contributed by atoms with E-state index in [-0.39, 0.29) is 6.04 Å². The fraction of sp³-hybridized carbons (Fsp3) is 0.385. The van der Waals surface area contributed by atoms with E-state index in [9.17, 15) is 19.1 Å². The number of carboxylic acid groups (broad SMARTS) is 1. The van der Waals surface area contributed by atoms with Crippen LogP contribution in [0.15, 0.2) is 22.7 Å². The van der Waals surface area contributed by atoms with Gasteiger partial charge >= 0.3 is 5.97 Å². The molecule has 0 aliphatic heterocycles. The molecule has 1 aliphatic carbocycles. The zero-order chi connectivity index (χ0) is 14.2. The molecule has 1 atom stereocenters. The topological polar surface area (TPSA) is 57.6 Å². The summed E-state index contributed by atoms with van der Waals surface area (Å²) >= 11 is 3.17. The van der Waals surface area contributed by atoms with E-state index in [4.69, 9.17) is 0 Å². The van der Waals surface area contributed by atoms with E-state index >= 15 is 0 Å². The molecule has 1 aromatic carbocycles. The first-order chi connectivity index (χ1) is 8.91. The van der Waals surface area contributed by atoms with E-state index in [0.29, 0.717) is 16.4 Å².